The molecule has 0 N–H and O–H groups in total. The van der Waals surface area contributed by atoms with E-state index in [4.69, 9.17) is 0 Å². The Balaban J connectivity index is 3.41. The van der Waals surface area contributed by atoms with E-state index in [9.17, 15) is 30.5 Å². The highest BCUT2D eigenvalue weighted by atomic mass is 19.4. The molecule has 1 nitrogen and oxygen atoms in total. The summed E-state index contributed by atoms with van der Waals surface area (Å²) in [5, 5.41) is 0. The third-order valence-electron chi connectivity index (χ3n) is 1.51. The van der Waals surface area contributed by atoms with Crippen LogP contribution in [-0.4, -0.2) is 12.0 Å². The number of aromatic nitrogens is 1. The summed E-state index contributed by atoms with van der Waals surface area (Å²) in [5.41, 5.74) is -4.18. The van der Waals surface area contributed by atoms with Gasteiger partial charge in [-0.3, -0.25) is 0 Å². The number of hydrogen-bond donors (Lipinski definition) is 0. The number of halogens is 7. The van der Waals surface area contributed by atoms with Gasteiger partial charge in [0.25, 0.3) is 0 Å². The summed E-state index contributed by atoms with van der Waals surface area (Å²) in [6.45, 7) is -5.87. The van der Waals surface area contributed by atoms with E-state index in [2.05, 4.69) is 4.98 Å². The first kappa shape index (κ1) is 11.8. The number of pyridine rings is 1. The van der Waals surface area contributed by atoms with E-state index in [1.807, 2.05) is 0 Å². The summed E-state index contributed by atoms with van der Waals surface area (Å²) in [4.78, 5) is 2.21. The lowest BCUT2D eigenvalue weighted by Crippen LogP contribution is -2.40. The fourth-order valence-electron chi connectivity index (χ4n) is 0.937. The molecular weight excluding hydrogens is 230 g/mol. The maximum Gasteiger partial charge on any atom is 0.511 e. The smallest absolute Gasteiger partial charge is 0.445 e. The molecule has 0 radical (unpaired) electrons. The molecule has 0 unspecified atom stereocenters. The fourth-order valence-corrected chi connectivity index (χ4v) is 0.937. The van der Waals surface area contributed by atoms with Crippen molar-refractivity contribution in [2.75, 3.05) is 0 Å². The monoisotopic (exact) mass is 232 g/mol. The topological polar surface area (TPSA) is 12.9 Å². The van der Waals surface area contributed by atoms with Gasteiger partial charge in [0.05, 0.1) is 0 Å². The number of alkyl halides is 3. The lowest BCUT2D eigenvalue weighted by molar-refractivity contribution is -0.140. The number of nitrogens with zero attached hydrogens (tertiary/aromatic N) is 1. The molecule has 1 aromatic rings. The van der Waals surface area contributed by atoms with Gasteiger partial charge < -0.3 is 12.9 Å². The normalized spacial score (nSPS) is 13.0. The predicted octanol–water partition coefficient (Wildman–Crippen LogP) is 2.29. The van der Waals surface area contributed by atoms with Crippen LogP contribution in [0.4, 0.5) is 30.5 Å². The average molecular weight is 232 g/mol. The van der Waals surface area contributed by atoms with Crippen molar-refractivity contribution >= 4 is 12.4 Å². The zero-order valence-corrected chi connectivity index (χ0v) is 6.83. The minimum absolute atomic E-state index is 0.0329. The van der Waals surface area contributed by atoms with Crippen molar-refractivity contribution < 1.29 is 30.5 Å². The van der Waals surface area contributed by atoms with Gasteiger partial charge in [-0.1, -0.05) is 11.5 Å². The minimum atomic E-state index is -5.87. The second-order valence-corrected chi connectivity index (χ2v) is 2.64. The molecule has 0 aromatic carbocycles. The molecule has 0 aliphatic heterocycles. The molecule has 0 amide bonds. The summed E-state index contributed by atoms with van der Waals surface area (Å²) in [5.74, 6) is -1.61. The average Bonchev–Trinajstić information content (AvgIpc) is 2.00. The SMILES string of the molecule is Fc1ccc([B-](F)(F)F)c(C(F)(F)F)n1. The Labute approximate surface area is 79.0 Å². The molecule has 84 valence electrons. The van der Waals surface area contributed by atoms with Crippen molar-refractivity contribution in [3.63, 3.8) is 0 Å². The third kappa shape index (κ3) is 2.60. The Morgan fingerprint density at radius 3 is 2.00 bits per heavy atom. The van der Waals surface area contributed by atoms with Crippen LogP contribution < -0.4 is 5.46 Å². The van der Waals surface area contributed by atoms with Crippen LogP contribution in [0.25, 0.3) is 0 Å². The van der Waals surface area contributed by atoms with Crippen LogP contribution in [0, 0.1) is 5.95 Å². The van der Waals surface area contributed by atoms with Gasteiger partial charge in [0, 0.05) is 0 Å². The molecule has 0 atom stereocenters. The van der Waals surface area contributed by atoms with E-state index < -0.39 is 30.3 Å². The molecular formula is C6H2BF7N-. The van der Waals surface area contributed by atoms with E-state index >= 15 is 0 Å². The Morgan fingerprint density at radius 2 is 1.60 bits per heavy atom. The molecule has 1 rings (SSSR count). The zero-order valence-electron chi connectivity index (χ0n) is 6.83. The van der Waals surface area contributed by atoms with Crippen LogP contribution in [0.1, 0.15) is 5.69 Å². The first-order chi connectivity index (χ1) is 6.62. The Hall–Kier alpha value is -1.28. The molecule has 1 aromatic heterocycles. The molecule has 9 heteroatoms. The molecule has 0 saturated carbocycles. The van der Waals surface area contributed by atoms with Crippen molar-refractivity contribution in [2.24, 2.45) is 0 Å². The summed E-state index contributed by atoms with van der Waals surface area (Å²) in [6.07, 6.45) is -5.32. The summed E-state index contributed by atoms with van der Waals surface area (Å²) in [7, 11) is 0. The highest BCUT2D eigenvalue weighted by molar-refractivity contribution is 6.73. The van der Waals surface area contributed by atoms with Gasteiger partial charge in [-0.05, 0) is 6.07 Å². The number of rotatable bonds is 1. The van der Waals surface area contributed by atoms with Crippen molar-refractivity contribution in [1.29, 1.82) is 0 Å². The lowest BCUT2D eigenvalue weighted by Gasteiger charge is -2.19. The van der Waals surface area contributed by atoms with Gasteiger partial charge in [-0.15, -0.1) is 0 Å². The molecule has 0 saturated heterocycles. The van der Waals surface area contributed by atoms with E-state index in [0.717, 1.165) is 0 Å². The molecule has 0 fully saturated rings. The van der Waals surface area contributed by atoms with E-state index in [1.165, 1.54) is 0 Å². The Kier molecular flexibility index (Phi) is 2.66. The second kappa shape index (κ2) is 3.39. The molecule has 15 heavy (non-hydrogen) atoms. The van der Waals surface area contributed by atoms with Crippen LogP contribution in [0.5, 0.6) is 0 Å². The van der Waals surface area contributed by atoms with E-state index in [0.29, 0.717) is 0 Å². The van der Waals surface area contributed by atoms with Crippen molar-refractivity contribution in [1.82, 2.24) is 4.98 Å². The zero-order chi connectivity index (χ0) is 11.9. The van der Waals surface area contributed by atoms with Gasteiger partial charge in [0.15, 0.2) is 0 Å². The quantitative estimate of drug-likeness (QED) is 0.411. The standard InChI is InChI=1S/C6H2BF7N/c8-4-2-1-3(7(12,13)14)5(15-4)6(9,10)11/h1-2H/q-1. The minimum Gasteiger partial charge on any atom is -0.445 e. The van der Waals surface area contributed by atoms with Crippen molar-refractivity contribution in [3.05, 3.63) is 23.8 Å². The summed E-state index contributed by atoms with van der Waals surface area (Å²) >= 11 is 0. The first-order valence-electron chi connectivity index (χ1n) is 3.56. The number of hydrogen-bond acceptors (Lipinski definition) is 1. The maximum absolute atomic E-state index is 12.3. The third-order valence-corrected chi connectivity index (χ3v) is 1.51. The van der Waals surface area contributed by atoms with Gasteiger partial charge in [-0.2, -0.15) is 17.6 Å². The van der Waals surface area contributed by atoms with Crippen molar-refractivity contribution in [3.8, 4) is 0 Å². The van der Waals surface area contributed by atoms with Crippen LogP contribution in [0.2, 0.25) is 0 Å². The first-order valence-corrected chi connectivity index (χ1v) is 3.56. The van der Waals surface area contributed by atoms with E-state index in [-0.39, 0.29) is 12.1 Å². The molecule has 0 bridgehead atoms. The molecule has 0 aliphatic carbocycles. The van der Waals surface area contributed by atoms with Crippen LogP contribution >= 0.6 is 0 Å². The van der Waals surface area contributed by atoms with Gasteiger partial charge in [0.1, 0.15) is 5.69 Å². The predicted molar refractivity (Wildman–Crippen MR) is 37.9 cm³/mol. The van der Waals surface area contributed by atoms with Gasteiger partial charge >= 0.3 is 13.2 Å². The molecule has 1 heterocycles. The highest BCUT2D eigenvalue weighted by Crippen LogP contribution is 2.28. The van der Waals surface area contributed by atoms with Crippen molar-refractivity contribution in [2.45, 2.75) is 6.18 Å². The van der Waals surface area contributed by atoms with Gasteiger partial charge in [-0.25, -0.2) is 4.98 Å². The Morgan fingerprint density at radius 1 is 1.07 bits per heavy atom. The Bertz CT molecular complexity index is 369. The van der Waals surface area contributed by atoms with Crippen LogP contribution in [0.15, 0.2) is 12.1 Å². The maximum atomic E-state index is 12.3. The second-order valence-electron chi connectivity index (χ2n) is 2.64. The van der Waals surface area contributed by atoms with Crippen LogP contribution in [0.3, 0.4) is 0 Å². The largest absolute Gasteiger partial charge is 0.511 e. The molecule has 0 spiro atoms. The summed E-state index contributed by atoms with van der Waals surface area (Å²) < 4.78 is 84.7. The van der Waals surface area contributed by atoms with Crippen LogP contribution in [-0.2, 0) is 6.18 Å². The lowest BCUT2D eigenvalue weighted by atomic mass is 9.78. The fraction of sp³-hybridized carbons (Fsp3) is 0.167. The summed E-state index contributed by atoms with van der Waals surface area (Å²) in [6, 6.07) is 0.269. The van der Waals surface area contributed by atoms with Gasteiger partial charge in [0.2, 0.25) is 5.95 Å². The molecule has 0 aliphatic rings. The highest BCUT2D eigenvalue weighted by Gasteiger charge is 2.41. The van der Waals surface area contributed by atoms with E-state index in [1.54, 1.807) is 0 Å².